The van der Waals surface area contributed by atoms with Gasteiger partial charge < -0.3 is 15.0 Å². The summed E-state index contributed by atoms with van der Waals surface area (Å²) in [5.74, 6) is 1.63. The third kappa shape index (κ3) is 6.53. The lowest BCUT2D eigenvalue weighted by molar-refractivity contribution is 0.0708. The number of nitrogens with zero attached hydrogens (tertiary/aromatic N) is 3. The van der Waals surface area contributed by atoms with Crippen molar-refractivity contribution in [3.63, 3.8) is 0 Å². The lowest BCUT2D eigenvalue weighted by Crippen LogP contribution is -2.38. The molecular weight excluding hydrogens is 492 g/mol. The molecular formula is C27H30N4O3S2. The normalized spacial score (nSPS) is 13.9. The molecule has 36 heavy (non-hydrogen) atoms. The molecule has 7 nitrogen and oxygen atoms in total. The number of piperidine rings is 1. The predicted octanol–water partition coefficient (Wildman–Crippen LogP) is 4.82. The van der Waals surface area contributed by atoms with Gasteiger partial charge in [0.2, 0.25) is 0 Å². The third-order valence-electron chi connectivity index (χ3n) is 6.06. The molecule has 4 rings (SSSR count). The SMILES string of the molecule is C=CCSc1ncccc1C(=O)N1CCC(c2nc(C(=O)NCCc3cccc(OC)c3)cs2)CC1. The highest BCUT2D eigenvalue weighted by molar-refractivity contribution is 7.99. The Morgan fingerprint density at radius 2 is 2.11 bits per heavy atom. The fourth-order valence-electron chi connectivity index (χ4n) is 4.12. The molecule has 3 aromatic rings. The Labute approximate surface area is 220 Å². The van der Waals surface area contributed by atoms with Crippen LogP contribution in [0, 0.1) is 0 Å². The molecule has 1 N–H and O–H groups in total. The summed E-state index contributed by atoms with van der Waals surface area (Å²) in [5.41, 5.74) is 2.20. The van der Waals surface area contributed by atoms with Crippen molar-refractivity contribution in [2.24, 2.45) is 0 Å². The number of thioether (sulfide) groups is 1. The molecule has 1 aromatic carbocycles. The number of hydrogen-bond donors (Lipinski definition) is 1. The van der Waals surface area contributed by atoms with E-state index >= 15 is 0 Å². The Hall–Kier alpha value is -3.17. The Kier molecular flexibility index (Phi) is 9.13. The van der Waals surface area contributed by atoms with Crippen molar-refractivity contribution in [1.82, 2.24) is 20.2 Å². The van der Waals surface area contributed by atoms with Crippen LogP contribution in [-0.4, -0.2) is 59.2 Å². The van der Waals surface area contributed by atoms with Crippen molar-refractivity contribution in [1.29, 1.82) is 0 Å². The molecule has 2 aromatic heterocycles. The number of pyridine rings is 1. The minimum Gasteiger partial charge on any atom is -0.497 e. The first-order valence-corrected chi connectivity index (χ1v) is 13.8. The number of rotatable bonds is 10. The number of carbonyl (C=O) groups is 2. The van der Waals surface area contributed by atoms with Gasteiger partial charge in [0.05, 0.1) is 17.7 Å². The Balaban J connectivity index is 1.28. The van der Waals surface area contributed by atoms with E-state index in [1.165, 1.54) is 23.1 Å². The Morgan fingerprint density at radius 3 is 2.89 bits per heavy atom. The zero-order valence-corrected chi connectivity index (χ0v) is 21.9. The van der Waals surface area contributed by atoms with E-state index in [1.54, 1.807) is 19.4 Å². The molecule has 9 heteroatoms. The van der Waals surface area contributed by atoms with Gasteiger partial charge >= 0.3 is 0 Å². The fourth-order valence-corrected chi connectivity index (χ4v) is 5.82. The van der Waals surface area contributed by atoms with Crippen LogP contribution >= 0.6 is 23.1 Å². The second-order valence-electron chi connectivity index (χ2n) is 8.45. The van der Waals surface area contributed by atoms with Gasteiger partial charge in [-0.1, -0.05) is 18.2 Å². The summed E-state index contributed by atoms with van der Waals surface area (Å²) < 4.78 is 5.25. The molecule has 1 saturated heterocycles. The number of aromatic nitrogens is 2. The molecule has 1 fully saturated rings. The summed E-state index contributed by atoms with van der Waals surface area (Å²) in [7, 11) is 1.64. The van der Waals surface area contributed by atoms with Gasteiger partial charge in [0.25, 0.3) is 11.8 Å². The van der Waals surface area contributed by atoms with Gasteiger partial charge in [-0.2, -0.15) is 0 Å². The van der Waals surface area contributed by atoms with Crippen LogP contribution in [0.3, 0.4) is 0 Å². The van der Waals surface area contributed by atoms with Crippen LogP contribution in [-0.2, 0) is 6.42 Å². The van der Waals surface area contributed by atoms with Crippen molar-refractivity contribution >= 4 is 34.9 Å². The summed E-state index contributed by atoms with van der Waals surface area (Å²) in [5, 5.41) is 6.49. The van der Waals surface area contributed by atoms with Gasteiger partial charge in [-0.05, 0) is 49.1 Å². The lowest BCUT2D eigenvalue weighted by Gasteiger charge is -2.31. The van der Waals surface area contributed by atoms with Crippen LogP contribution in [0.25, 0.3) is 0 Å². The highest BCUT2D eigenvalue weighted by atomic mass is 32.2. The third-order valence-corrected chi connectivity index (χ3v) is 8.07. The van der Waals surface area contributed by atoms with E-state index in [1.807, 2.05) is 46.7 Å². The number of likely N-dealkylation sites (tertiary alicyclic amines) is 1. The first-order valence-electron chi connectivity index (χ1n) is 11.9. The predicted molar refractivity (Wildman–Crippen MR) is 144 cm³/mol. The maximum absolute atomic E-state index is 13.1. The lowest BCUT2D eigenvalue weighted by atomic mass is 9.97. The Morgan fingerprint density at radius 1 is 1.28 bits per heavy atom. The first-order chi connectivity index (χ1) is 17.6. The van der Waals surface area contributed by atoms with Crippen LogP contribution in [0.4, 0.5) is 0 Å². The van der Waals surface area contributed by atoms with Crippen molar-refractivity contribution in [3.05, 3.63) is 82.5 Å². The monoisotopic (exact) mass is 522 g/mol. The summed E-state index contributed by atoms with van der Waals surface area (Å²) >= 11 is 3.04. The number of methoxy groups -OCH3 is 1. The summed E-state index contributed by atoms with van der Waals surface area (Å²) in [6.45, 7) is 5.59. The largest absolute Gasteiger partial charge is 0.497 e. The van der Waals surface area contributed by atoms with E-state index in [2.05, 4.69) is 21.9 Å². The molecule has 0 saturated carbocycles. The highest BCUT2D eigenvalue weighted by Gasteiger charge is 2.28. The van der Waals surface area contributed by atoms with Gasteiger partial charge in [0.1, 0.15) is 16.5 Å². The molecule has 1 aliphatic heterocycles. The second-order valence-corrected chi connectivity index (χ2v) is 10.3. The molecule has 0 aliphatic carbocycles. The van der Waals surface area contributed by atoms with Gasteiger partial charge in [0, 0.05) is 42.9 Å². The number of carbonyl (C=O) groups excluding carboxylic acids is 2. The van der Waals surface area contributed by atoms with Crippen LogP contribution in [0.5, 0.6) is 5.75 Å². The van der Waals surface area contributed by atoms with Crippen molar-refractivity contribution in [3.8, 4) is 5.75 Å². The van der Waals surface area contributed by atoms with Gasteiger partial charge in [-0.3, -0.25) is 9.59 Å². The number of nitrogens with one attached hydrogen (secondary N) is 1. The van der Waals surface area contributed by atoms with Crippen molar-refractivity contribution < 1.29 is 14.3 Å². The van der Waals surface area contributed by atoms with Crippen molar-refractivity contribution in [2.75, 3.05) is 32.5 Å². The van der Waals surface area contributed by atoms with E-state index in [0.717, 1.165) is 40.6 Å². The molecule has 0 unspecified atom stereocenters. The standard InChI is InChI=1S/C27H30N4O3S2/c1-3-16-35-26-22(8-5-12-29-26)27(33)31-14-10-20(11-15-31)25-30-23(18-36-25)24(32)28-13-9-19-6-4-7-21(17-19)34-2/h3-8,12,17-18,20H,1,9-11,13-16H2,2H3,(H,28,32). The van der Waals surface area contributed by atoms with E-state index < -0.39 is 0 Å². The van der Waals surface area contributed by atoms with Gasteiger partial charge in [-0.25, -0.2) is 9.97 Å². The zero-order valence-electron chi connectivity index (χ0n) is 20.3. The average molecular weight is 523 g/mol. The molecule has 188 valence electrons. The van der Waals surface area contributed by atoms with Crippen molar-refractivity contribution in [2.45, 2.75) is 30.2 Å². The minimum atomic E-state index is -0.158. The fraction of sp³-hybridized carbons (Fsp3) is 0.333. The maximum atomic E-state index is 13.1. The van der Waals surface area contributed by atoms with E-state index in [4.69, 9.17) is 4.74 Å². The summed E-state index contributed by atoms with van der Waals surface area (Å²) in [4.78, 5) is 36.6. The number of benzene rings is 1. The zero-order chi connectivity index (χ0) is 25.3. The molecule has 0 spiro atoms. The van der Waals surface area contributed by atoms with Crippen LogP contribution in [0.2, 0.25) is 0 Å². The molecule has 0 bridgehead atoms. The minimum absolute atomic E-state index is 0.0170. The van der Waals surface area contributed by atoms with Gasteiger partial charge in [0.15, 0.2) is 0 Å². The number of hydrogen-bond acceptors (Lipinski definition) is 7. The molecule has 3 heterocycles. The van der Waals surface area contributed by atoms with E-state index in [9.17, 15) is 9.59 Å². The average Bonchev–Trinajstić information content (AvgIpc) is 3.42. The molecule has 2 amide bonds. The quantitative estimate of drug-likeness (QED) is 0.304. The highest BCUT2D eigenvalue weighted by Crippen LogP contribution is 2.31. The number of thiazole rings is 1. The van der Waals surface area contributed by atoms with Crippen LogP contribution in [0.1, 0.15) is 50.2 Å². The van der Waals surface area contributed by atoms with Gasteiger partial charge in [-0.15, -0.1) is 29.7 Å². The first kappa shape index (κ1) is 25.9. The number of amides is 2. The topological polar surface area (TPSA) is 84.4 Å². The molecule has 0 radical (unpaired) electrons. The van der Waals surface area contributed by atoms with Crippen LogP contribution < -0.4 is 10.1 Å². The van der Waals surface area contributed by atoms with E-state index in [-0.39, 0.29) is 17.7 Å². The van der Waals surface area contributed by atoms with Crippen LogP contribution in [0.15, 0.2) is 65.7 Å². The smallest absolute Gasteiger partial charge is 0.270 e. The second kappa shape index (κ2) is 12.7. The summed E-state index contributed by atoms with van der Waals surface area (Å²) in [6, 6.07) is 11.5. The molecule has 1 aliphatic rings. The van der Waals surface area contributed by atoms with E-state index in [0.29, 0.717) is 36.6 Å². The summed E-state index contributed by atoms with van der Waals surface area (Å²) in [6.07, 6.45) is 5.89. The molecule has 0 atom stereocenters. The maximum Gasteiger partial charge on any atom is 0.270 e. The number of ether oxygens (including phenoxy) is 1. The Bertz CT molecular complexity index is 1200.